The summed E-state index contributed by atoms with van der Waals surface area (Å²) in [5, 5.41) is 12.9. The van der Waals surface area contributed by atoms with Crippen LogP contribution < -0.4 is 5.73 Å². The van der Waals surface area contributed by atoms with Crippen LogP contribution in [0.2, 0.25) is 0 Å². The Hall–Kier alpha value is -2.30. The summed E-state index contributed by atoms with van der Waals surface area (Å²) in [6.45, 7) is 1.71. The Morgan fingerprint density at radius 3 is 2.81 bits per heavy atom. The van der Waals surface area contributed by atoms with Gasteiger partial charge < -0.3 is 10.8 Å². The molecule has 1 aromatic carbocycles. The molecule has 0 bridgehead atoms. The second-order valence-corrected chi connectivity index (χ2v) is 3.46. The van der Waals surface area contributed by atoms with Gasteiger partial charge in [-0.1, -0.05) is 6.07 Å². The molecule has 1 heterocycles. The summed E-state index contributed by atoms with van der Waals surface area (Å²) in [5.74, 6) is -0.979. The van der Waals surface area contributed by atoms with Gasteiger partial charge in [-0.2, -0.15) is 5.10 Å². The van der Waals surface area contributed by atoms with Crippen molar-refractivity contribution in [2.45, 2.75) is 6.92 Å². The topological polar surface area (TPSA) is 81.1 Å². The molecule has 0 spiro atoms. The predicted octanol–water partition coefficient (Wildman–Crippen LogP) is 1.46. The first kappa shape index (κ1) is 10.2. The van der Waals surface area contributed by atoms with Crippen molar-refractivity contribution in [1.82, 2.24) is 9.78 Å². The van der Waals surface area contributed by atoms with Crippen LogP contribution in [0.4, 0.5) is 5.69 Å². The lowest BCUT2D eigenvalue weighted by Crippen LogP contribution is -2.02. The molecule has 3 N–H and O–H groups in total. The number of nitrogens with two attached hydrogens (primary N) is 1. The Labute approximate surface area is 92.1 Å². The molecule has 0 fully saturated rings. The molecule has 16 heavy (non-hydrogen) atoms. The monoisotopic (exact) mass is 217 g/mol. The van der Waals surface area contributed by atoms with E-state index in [0.717, 1.165) is 5.69 Å². The molecule has 0 unspecified atom stereocenters. The quantitative estimate of drug-likeness (QED) is 0.746. The molecule has 0 amide bonds. The van der Waals surface area contributed by atoms with Crippen LogP contribution in [0, 0.1) is 6.92 Å². The van der Waals surface area contributed by atoms with E-state index >= 15 is 0 Å². The van der Waals surface area contributed by atoms with Crippen LogP contribution in [-0.4, -0.2) is 20.9 Å². The van der Waals surface area contributed by atoms with Crippen LogP contribution in [0.1, 0.15) is 16.1 Å². The molecule has 2 aromatic rings. The fourth-order valence-corrected chi connectivity index (χ4v) is 1.54. The highest BCUT2D eigenvalue weighted by molar-refractivity contribution is 5.88. The van der Waals surface area contributed by atoms with E-state index in [1.54, 1.807) is 29.8 Å². The lowest BCUT2D eigenvalue weighted by molar-refractivity contribution is 0.0696. The van der Waals surface area contributed by atoms with Crippen molar-refractivity contribution in [2.75, 3.05) is 5.73 Å². The zero-order valence-corrected chi connectivity index (χ0v) is 8.71. The Bertz CT molecular complexity index is 546. The van der Waals surface area contributed by atoms with Gasteiger partial charge in [0.15, 0.2) is 0 Å². The molecule has 5 nitrogen and oxygen atoms in total. The molecule has 5 heteroatoms. The summed E-state index contributed by atoms with van der Waals surface area (Å²) in [5.41, 5.74) is 7.80. The summed E-state index contributed by atoms with van der Waals surface area (Å²) in [6.07, 6.45) is 1.33. The first-order chi connectivity index (χ1) is 7.59. The zero-order chi connectivity index (χ0) is 11.7. The Kier molecular flexibility index (Phi) is 2.36. The Morgan fingerprint density at radius 1 is 1.50 bits per heavy atom. The maximum atomic E-state index is 10.9. The van der Waals surface area contributed by atoms with E-state index in [-0.39, 0.29) is 5.56 Å². The first-order valence-electron chi connectivity index (χ1n) is 4.73. The number of aromatic carboxylic acids is 1. The molecular weight excluding hydrogens is 206 g/mol. The summed E-state index contributed by atoms with van der Waals surface area (Å²) in [7, 11) is 0. The van der Waals surface area contributed by atoms with E-state index < -0.39 is 5.97 Å². The van der Waals surface area contributed by atoms with E-state index in [0.29, 0.717) is 11.4 Å². The van der Waals surface area contributed by atoms with E-state index in [2.05, 4.69) is 5.10 Å². The van der Waals surface area contributed by atoms with Crippen LogP contribution in [-0.2, 0) is 0 Å². The Balaban J connectivity index is 2.53. The number of carbonyl (C=O) groups is 1. The molecule has 2 rings (SSSR count). The summed E-state index contributed by atoms with van der Waals surface area (Å²) < 4.78 is 1.56. The van der Waals surface area contributed by atoms with Crippen LogP contribution in [0.3, 0.4) is 0 Å². The largest absolute Gasteiger partial charge is 0.478 e. The van der Waals surface area contributed by atoms with Crippen molar-refractivity contribution in [3.63, 3.8) is 0 Å². The molecule has 0 aliphatic heterocycles. The molecule has 0 aliphatic rings. The number of aromatic nitrogens is 2. The van der Waals surface area contributed by atoms with Gasteiger partial charge in [-0.25, -0.2) is 9.48 Å². The fraction of sp³-hybridized carbons (Fsp3) is 0.0909. The predicted molar refractivity (Wildman–Crippen MR) is 59.7 cm³/mol. The summed E-state index contributed by atoms with van der Waals surface area (Å²) in [6, 6.07) is 7.13. The van der Waals surface area contributed by atoms with Gasteiger partial charge in [0.2, 0.25) is 0 Å². The van der Waals surface area contributed by atoms with Crippen molar-refractivity contribution >= 4 is 11.7 Å². The number of nitrogen functional groups attached to an aromatic ring is 1. The smallest absolute Gasteiger partial charge is 0.339 e. The van der Waals surface area contributed by atoms with Crippen LogP contribution in [0.15, 0.2) is 30.5 Å². The van der Waals surface area contributed by atoms with Crippen molar-refractivity contribution < 1.29 is 9.90 Å². The van der Waals surface area contributed by atoms with Crippen LogP contribution in [0.5, 0.6) is 0 Å². The molecule has 0 aliphatic carbocycles. The lowest BCUT2D eigenvalue weighted by Gasteiger charge is -2.05. The third-order valence-corrected chi connectivity index (χ3v) is 2.35. The van der Waals surface area contributed by atoms with Gasteiger partial charge in [-0.05, 0) is 25.1 Å². The van der Waals surface area contributed by atoms with E-state index in [9.17, 15) is 4.79 Å². The third-order valence-electron chi connectivity index (χ3n) is 2.35. The number of carboxylic acids is 1. The maximum Gasteiger partial charge on any atom is 0.339 e. The highest BCUT2D eigenvalue weighted by Crippen LogP contribution is 2.16. The van der Waals surface area contributed by atoms with Crippen LogP contribution in [0.25, 0.3) is 5.69 Å². The minimum atomic E-state index is -0.979. The second-order valence-electron chi connectivity index (χ2n) is 3.46. The minimum absolute atomic E-state index is 0.197. The van der Waals surface area contributed by atoms with Crippen LogP contribution >= 0.6 is 0 Å². The number of carboxylic acid groups (broad SMARTS) is 1. The lowest BCUT2D eigenvalue weighted by atomic mass is 10.2. The number of rotatable bonds is 2. The van der Waals surface area contributed by atoms with E-state index in [1.165, 1.54) is 6.20 Å². The zero-order valence-electron chi connectivity index (χ0n) is 8.71. The van der Waals surface area contributed by atoms with Gasteiger partial charge in [-0.15, -0.1) is 0 Å². The third kappa shape index (κ3) is 1.63. The van der Waals surface area contributed by atoms with Gasteiger partial charge in [0.1, 0.15) is 5.56 Å². The highest BCUT2D eigenvalue weighted by Gasteiger charge is 2.13. The van der Waals surface area contributed by atoms with E-state index in [4.69, 9.17) is 10.8 Å². The molecular formula is C11H11N3O2. The normalized spacial score (nSPS) is 10.3. The average Bonchev–Trinajstić information content (AvgIpc) is 2.60. The summed E-state index contributed by atoms with van der Waals surface area (Å²) in [4.78, 5) is 10.9. The SMILES string of the molecule is Cc1c(C(=O)O)cnn1-c1cccc(N)c1. The van der Waals surface area contributed by atoms with Crippen molar-refractivity contribution in [3.8, 4) is 5.69 Å². The van der Waals surface area contributed by atoms with Gasteiger partial charge in [-0.3, -0.25) is 0 Å². The first-order valence-corrected chi connectivity index (χ1v) is 4.73. The number of anilines is 1. The molecule has 1 aromatic heterocycles. The Morgan fingerprint density at radius 2 is 2.25 bits per heavy atom. The highest BCUT2D eigenvalue weighted by atomic mass is 16.4. The molecule has 0 radical (unpaired) electrons. The number of hydrogen-bond acceptors (Lipinski definition) is 3. The van der Waals surface area contributed by atoms with Gasteiger partial charge in [0.25, 0.3) is 0 Å². The average molecular weight is 217 g/mol. The van der Waals surface area contributed by atoms with Gasteiger partial charge in [0.05, 0.1) is 17.6 Å². The standard InChI is InChI=1S/C11H11N3O2/c1-7-10(11(15)16)6-13-14(7)9-4-2-3-8(12)5-9/h2-6H,12H2,1H3,(H,15,16). The summed E-state index contributed by atoms with van der Waals surface area (Å²) >= 11 is 0. The molecule has 0 saturated heterocycles. The minimum Gasteiger partial charge on any atom is -0.478 e. The molecule has 0 atom stereocenters. The van der Waals surface area contributed by atoms with Crippen molar-refractivity contribution in [3.05, 3.63) is 41.7 Å². The number of benzene rings is 1. The van der Waals surface area contributed by atoms with Crippen molar-refractivity contribution in [2.24, 2.45) is 0 Å². The number of nitrogens with zero attached hydrogens (tertiary/aromatic N) is 2. The fourth-order valence-electron chi connectivity index (χ4n) is 1.54. The molecule has 82 valence electrons. The van der Waals surface area contributed by atoms with Crippen molar-refractivity contribution in [1.29, 1.82) is 0 Å². The number of hydrogen-bond donors (Lipinski definition) is 2. The van der Waals surface area contributed by atoms with Gasteiger partial charge in [0, 0.05) is 5.69 Å². The second kappa shape index (κ2) is 3.69. The maximum absolute atomic E-state index is 10.9. The molecule has 0 saturated carbocycles. The van der Waals surface area contributed by atoms with Gasteiger partial charge >= 0.3 is 5.97 Å². The van der Waals surface area contributed by atoms with E-state index in [1.807, 2.05) is 6.07 Å².